The number of ether oxygens (including phenoxy) is 1. The molecule has 0 saturated carbocycles. The Hall–Kier alpha value is -4.03. The minimum Gasteiger partial charge on any atom is -0.492 e. The Morgan fingerprint density at radius 2 is 1.76 bits per heavy atom. The van der Waals surface area contributed by atoms with E-state index in [1.54, 1.807) is 24.3 Å². The Labute approximate surface area is 210 Å². The van der Waals surface area contributed by atoms with Crippen LogP contribution in [-0.4, -0.2) is 68.5 Å². The zero-order valence-corrected chi connectivity index (χ0v) is 20.2. The molecule has 0 unspecified atom stereocenters. The smallest absolute Gasteiger partial charge is 0.332 e. The van der Waals surface area contributed by atoms with Crippen LogP contribution in [0.3, 0.4) is 0 Å². The second-order valence-electron chi connectivity index (χ2n) is 8.75. The van der Waals surface area contributed by atoms with E-state index in [-0.39, 0.29) is 23.5 Å². The zero-order valence-electron chi connectivity index (χ0n) is 20.2. The zero-order chi connectivity index (χ0) is 25.9. The standard InChI is InChI=1S/C25H25F2N7O3/c1-32-24(35)21-23(34(25(32)36)15-16-2-7-19(26)20(27)14-16)31-30-22(29-21)17-3-5-18(6-4-17)37-13-12-33-10-8-28-9-11-33/h2-7,14,28H,8-13,15H2,1H3. The van der Waals surface area contributed by atoms with Crippen LogP contribution < -0.4 is 21.3 Å². The van der Waals surface area contributed by atoms with Crippen molar-refractivity contribution in [1.82, 2.24) is 34.5 Å². The van der Waals surface area contributed by atoms with E-state index in [1.807, 2.05) is 0 Å². The molecule has 2 aromatic heterocycles. The van der Waals surface area contributed by atoms with Crippen molar-refractivity contribution in [3.05, 3.63) is 80.5 Å². The summed E-state index contributed by atoms with van der Waals surface area (Å²) in [4.78, 5) is 32.3. The number of aromatic nitrogens is 5. The van der Waals surface area contributed by atoms with E-state index < -0.39 is 22.9 Å². The largest absolute Gasteiger partial charge is 0.492 e. The van der Waals surface area contributed by atoms with E-state index in [1.165, 1.54) is 13.1 Å². The first-order valence-electron chi connectivity index (χ1n) is 11.9. The van der Waals surface area contributed by atoms with Crippen molar-refractivity contribution < 1.29 is 13.5 Å². The van der Waals surface area contributed by atoms with Gasteiger partial charge in [-0.3, -0.25) is 18.8 Å². The summed E-state index contributed by atoms with van der Waals surface area (Å²) in [6, 6.07) is 10.4. The van der Waals surface area contributed by atoms with E-state index in [4.69, 9.17) is 4.74 Å². The molecule has 4 aromatic rings. The Kier molecular flexibility index (Phi) is 7.01. The molecule has 1 aliphatic heterocycles. The average molecular weight is 510 g/mol. The summed E-state index contributed by atoms with van der Waals surface area (Å²) in [6.45, 7) is 5.24. The van der Waals surface area contributed by atoms with Crippen LogP contribution in [0, 0.1) is 11.6 Å². The molecule has 1 N–H and O–H groups in total. The van der Waals surface area contributed by atoms with Crippen molar-refractivity contribution in [1.29, 1.82) is 0 Å². The Morgan fingerprint density at radius 1 is 1.00 bits per heavy atom. The third kappa shape index (κ3) is 5.25. The molecule has 1 fully saturated rings. The average Bonchev–Trinajstić information content (AvgIpc) is 2.92. The van der Waals surface area contributed by atoms with Gasteiger partial charge < -0.3 is 10.1 Å². The van der Waals surface area contributed by atoms with Gasteiger partial charge in [-0.05, 0) is 42.0 Å². The summed E-state index contributed by atoms with van der Waals surface area (Å²) >= 11 is 0. The lowest BCUT2D eigenvalue weighted by molar-refractivity contribution is 0.191. The second-order valence-corrected chi connectivity index (χ2v) is 8.75. The topological polar surface area (TPSA) is 107 Å². The van der Waals surface area contributed by atoms with E-state index in [0.717, 1.165) is 54.0 Å². The molecule has 1 aliphatic rings. The highest BCUT2D eigenvalue weighted by molar-refractivity contribution is 5.71. The number of hydrogen-bond acceptors (Lipinski definition) is 8. The van der Waals surface area contributed by atoms with Crippen LogP contribution in [-0.2, 0) is 13.6 Å². The summed E-state index contributed by atoms with van der Waals surface area (Å²) in [7, 11) is 1.32. The van der Waals surface area contributed by atoms with Gasteiger partial charge in [0, 0.05) is 45.3 Å². The molecule has 10 nitrogen and oxygen atoms in total. The molecule has 37 heavy (non-hydrogen) atoms. The number of hydrogen-bond donors (Lipinski definition) is 1. The van der Waals surface area contributed by atoms with Gasteiger partial charge in [-0.2, -0.15) is 0 Å². The number of benzene rings is 2. The maximum Gasteiger partial charge on any atom is 0.332 e. The van der Waals surface area contributed by atoms with Gasteiger partial charge in [0.2, 0.25) is 0 Å². The van der Waals surface area contributed by atoms with Gasteiger partial charge in [0.1, 0.15) is 12.4 Å². The molecular formula is C25H25F2N7O3. The molecule has 0 amide bonds. The molecule has 3 heterocycles. The molecule has 1 saturated heterocycles. The molecular weight excluding hydrogens is 484 g/mol. The van der Waals surface area contributed by atoms with Crippen molar-refractivity contribution in [2.24, 2.45) is 7.05 Å². The molecule has 0 bridgehead atoms. The molecule has 0 spiro atoms. The van der Waals surface area contributed by atoms with Crippen LogP contribution in [0.1, 0.15) is 5.56 Å². The monoisotopic (exact) mass is 509 g/mol. The van der Waals surface area contributed by atoms with E-state index >= 15 is 0 Å². The van der Waals surface area contributed by atoms with Crippen LogP contribution in [0.15, 0.2) is 52.1 Å². The Morgan fingerprint density at radius 3 is 2.49 bits per heavy atom. The number of nitrogens with one attached hydrogen (secondary N) is 1. The molecule has 0 atom stereocenters. The lowest BCUT2D eigenvalue weighted by Gasteiger charge is -2.26. The summed E-state index contributed by atoms with van der Waals surface area (Å²) in [5.41, 5.74) is -0.483. The minimum atomic E-state index is -1.04. The van der Waals surface area contributed by atoms with E-state index in [0.29, 0.717) is 23.5 Å². The maximum atomic E-state index is 13.7. The van der Waals surface area contributed by atoms with Crippen LogP contribution in [0.4, 0.5) is 8.78 Å². The number of fused-ring (bicyclic) bond motifs is 1. The number of nitrogens with zero attached hydrogens (tertiary/aromatic N) is 6. The Balaban J connectivity index is 1.39. The van der Waals surface area contributed by atoms with Gasteiger partial charge in [0.25, 0.3) is 5.56 Å². The summed E-state index contributed by atoms with van der Waals surface area (Å²) in [6.07, 6.45) is 0. The maximum absolute atomic E-state index is 13.7. The summed E-state index contributed by atoms with van der Waals surface area (Å²) in [5, 5.41) is 11.5. The van der Waals surface area contributed by atoms with Crippen LogP contribution in [0.2, 0.25) is 0 Å². The van der Waals surface area contributed by atoms with Crippen molar-refractivity contribution in [2.75, 3.05) is 39.3 Å². The fourth-order valence-electron chi connectivity index (χ4n) is 4.18. The fourth-order valence-corrected chi connectivity index (χ4v) is 4.18. The molecule has 192 valence electrons. The van der Waals surface area contributed by atoms with E-state index in [2.05, 4.69) is 25.4 Å². The lowest BCUT2D eigenvalue weighted by atomic mass is 10.2. The van der Waals surface area contributed by atoms with Gasteiger partial charge in [-0.15, -0.1) is 10.2 Å². The Bertz CT molecular complexity index is 1550. The second kappa shape index (κ2) is 10.5. The van der Waals surface area contributed by atoms with Crippen molar-refractivity contribution in [3.8, 4) is 17.1 Å². The lowest BCUT2D eigenvalue weighted by Crippen LogP contribution is -2.44. The van der Waals surface area contributed by atoms with Crippen molar-refractivity contribution in [3.63, 3.8) is 0 Å². The molecule has 5 rings (SSSR count). The third-order valence-electron chi connectivity index (χ3n) is 6.27. The highest BCUT2D eigenvalue weighted by Crippen LogP contribution is 2.20. The van der Waals surface area contributed by atoms with Gasteiger partial charge in [-0.1, -0.05) is 6.07 Å². The first kappa shape index (κ1) is 24.7. The molecule has 2 aromatic carbocycles. The SMILES string of the molecule is Cn1c(=O)c2nc(-c3ccc(OCCN4CCNCC4)cc3)nnc2n(Cc2ccc(F)c(F)c2)c1=O. The normalized spacial score (nSPS) is 14.2. The number of halogens is 2. The quantitative estimate of drug-likeness (QED) is 0.396. The van der Waals surface area contributed by atoms with Crippen LogP contribution >= 0.6 is 0 Å². The molecule has 12 heteroatoms. The highest BCUT2D eigenvalue weighted by Gasteiger charge is 2.17. The summed E-state index contributed by atoms with van der Waals surface area (Å²) < 4.78 is 34.9. The highest BCUT2D eigenvalue weighted by atomic mass is 19.2. The first-order chi connectivity index (χ1) is 17.9. The molecule has 0 radical (unpaired) electrons. The van der Waals surface area contributed by atoms with Crippen LogP contribution in [0.5, 0.6) is 5.75 Å². The van der Waals surface area contributed by atoms with Gasteiger partial charge in [-0.25, -0.2) is 18.6 Å². The van der Waals surface area contributed by atoms with E-state index in [9.17, 15) is 18.4 Å². The fraction of sp³-hybridized carbons (Fsp3) is 0.320. The third-order valence-corrected chi connectivity index (χ3v) is 6.27. The number of rotatable bonds is 7. The van der Waals surface area contributed by atoms with Gasteiger partial charge >= 0.3 is 5.69 Å². The van der Waals surface area contributed by atoms with Gasteiger partial charge in [0.05, 0.1) is 6.54 Å². The van der Waals surface area contributed by atoms with Crippen molar-refractivity contribution >= 4 is 11.2 Å². The number of piperazine rings is 1. The predicted molar refractivity (Wildman–Crippen MR) is 133 cm³/mol. The van der Waals surface area contributed by atoms with Crippen LogP contribution in [0.25, 0.3) is 22.6 Å². The van der Waals surface area contributed by atoms with Crippen molar-refractivity contribution in [2.45, 2.75) is 6.54 Å². The molecule has 0 aliphatic carbocycles. The predicted octanol–water partition coefficient (Wildman–Crippen LogP) is 1.16. The first-order valence-corrected chi connectivity index (χ1v) is 11.9. The summed E-state index contributed by atoms with van der Waals surface area (Å²) in [5.74, 6) is -1.13. The van der Waals surface area contributed by atoms with Gasteiger partial charge in [0.15, 0.2) is 28.6 Å². The minimum absolute atomic E-state index is 0.0468.